The molecule has 0 saturated carbocycles. The molecule has 34 heavy (non-hydrogen) atoms. The van der Waals surface area contributed by atoms with Crippen molar-refractivity contribution in [1.29, 1.82) is 0 Å². The molecule has 192 valence electrons. The van der Waals surface area contributed by atoms with Crippen molar-refractivity contribution >= 4 is 22.0 Å². The minimum Gasteiger partial charge on any atom is -0.474 e. The molecule has 2 amide bonds. The van der Waals surface area contributed by atoms with E-state index in [1.807, 2.05) is 4.72 Å². The largest absolute Gasteiger partial charge is 0.474 e. The summed E-state index contributed by atoms with van der Waals surface area (Å²) in [7, 11) is -3.07. The number of sulfonamides is 1. The van der Waals surface area contributed by atoms with Crippen LogP contribution in [-0.2, 0) is 19.5 Å². The number of alkyl halides is 3. The van der Waals surface area contributed by atoms with Crippen LogP contribution in [0.1, 0.15) is 27.7 Å². The standard InChI is InChI=1S/C20H30F3N5O5S/c1-10(2)13-6-15(20(21,22)23)26-16(11(3)4)17(13)27-19(29)28-34(30,31)14(7-24)18-25-8-12(32-5)9-33-18/h6-7,10-12,15,26H,8-9,24H2,1-5H3,(H2,27,28,29)/b14-7+/t12-,15?/m0/s1. The minimum absolute atomic E-state index is 0.0353. The summed E-state index contributed by atoms with van der Waals surface area (Å²) in [5.41, 5.74) is 5.88. The molecular formula is C20H30F3N5O5S. The smallest absolute Gasteiger partial charge is 0.412 e. The van der Waals surface area contributed by atoms with Crippen molar-refractivity contribution in [3.8, 4) is 0 Å². The quantitative estimate of drug-likeness (QED) is 0.410. The van der Waals surface area contributed by atoms with Crippen LogP contribution in [0.15, 0.2) is 39.1 Å². The minimum atomic E-state index is -4.55. The number of ether oxygens (including phenoxy) is 2. The maximum Gasteiger partial charge on any atom is 0.412 e. The third kappa shape index (κ3) is 6.44. The molecular weight excluding hydrogens is 479 g/mol. The van der Waals surface area contributed by atoms with Crippen molar-refractivity contribution in [1.82, 2.24) is 15.4 Å². The number of methoxy groups -OCH3 is 1. The number of amides is 2. The second-order valence-corrected chi connectivity index (χ2v) is 9.94. The van der Waals surface area contributed by atoms with Crippen LogP contribution < -0.4 is 21.1 Å². The Morgan fingerprint density at radius 2 is 1.97 bits per heavy atom. The molecule has 2 heterocycles. The molecule has 0 spiro atoms. The molecule has 0 fully saturated rings. The lowest BCUT2D eigenvalue weighted by Gasteiger charge is -2.33. The van der Waals surface area contributed by atoms with Crippen LogP contribution in [0.3, 0.4) is 0 Å². The first-order valence-electron chi connectivity index (χ1n) is 10.5. The number of carbonyl (C=O) groups is 1. The van der Waals surface area contributed by atoms with Gasteiger partial charge in [0.1, 0.15) is 18.8 Å². The van der Waals surface area contributed by atoms with Gasteiger partial charge in [-0.2, -0.15) is 13.2 Å². The molecule has 2 rings (SSSR count). The molecule has 0 aromatic heterocycles. The summed E-state index contributed by atoms with van der Waals surface area (Å²) < 4.78 is 78.0. The third-order valence-corrected chi connectivity index (χ3v) is 6.41. The molecule has 0 radical (unpaired) electrons. The van der Waals surface area contributed by atoms with Gasteiger partial charge >= 0.3 is 12.2 Å². The van der Waals surface area contributed by atoms with E-state index < -0.39 is 45.0 Å². The zero-order valence-corrected chi connectivity index (χ0v) is 20.3. The number of urea groups is 1. The first-order valence-corrected chi connectivity index (χ1v) is 11.9. The normalized spacial score (nSPS) is 22.1. The number of aliphatic imine (C=N–C) groups is 1. The summed E-state index contributed by atoms with van der Waals surface area (Å²) in [6.07, 6.45) is -3.21. The Labute approximate surface area is 196 Å². The Balaban J connectivity index is 2.30. The summed E-state index contributed by atoms with van der Waals surface area (Å²) in [6, 6.07) is -3.12. The van der Waals surface area contributed by atoms with Crippen molar-refractivity contribution in [2.24, 2.45) is 22.6 Å². The Hall–Kier alpha value is -2.74. The van der Waals surface area contributed by atoms with Crippen LogP contribution in [-0.4, -0.2) is 58.9 Å². The number of allylic oxidation sites excluding steroid dienone is 2. The SMILES string of the molecule is CO[C@H]1CN=C(/C(=C\N)S(=O)(=O)NC(=O)NC2=C(C(C)C)NC(C(F)(F)F)C=C2C(C)C)OC1. The van der Waals surface area contributed by atoms with E-state index in [0.29, 0.717) is 0 Å². The number of hydrogen-bond acceptors (Lipinski definition) is 8. The monoisotopic (exact) mass is 509 g/mol. The van der Waals surface area contributed by atoms with Crippen LogP contribution in [0.5, 0.6) is 0 Å². The zero-order valence-electron chi connectivity index (χ0n) is 19.5. The van der Waals surface area contributed by atoms with Gasteiger partial charge in [0.15, 0.2) is 4.91 Å². The van der Waals surface area contributed by atoms with Crippen molar-refractivity contribution < 1.29 is 35.9 Å². The highest BCUT2D eigenvalue weighted by Gasteiger charge is 2.42. The van der Waals surface area contributed by atoms with Gasteiger partial charge in [0.25, 0.3) is 10.0 Å². The van der Waals surface area contributed by atoms with E-state index in [2.05, 4.69) is 15.6 Å². The second kappa shape index (κ2) is 10.7. The topological polar surface area (TPSA) is 144 Å². The number of nitrogens with one attached hydrogen (secondary N) is 3. The van der Waals surface area contributed by atoms with E-state index in [1.54, 1.807) is 27.7 Å². The fourth-order valence-corrected chi connectivity index (χ4v) is 4.23. The fraction of sp³-hybridized carbons (Fsp3) is 0.600. The summed E-state index contributed by atoms with van der Waals surface area (Å²) in [5.74, 6) is -1.11. The number of nitrogens with two attached hydrogens (primary N) is 1. The number of hydrogen-bond donors (Lipinski definition) is 4. The van der Waals surface area contributed by atoms with Crippen LogP contribution in [0, 0.1) is 11.8 Å². The van der Waals surface area contributed by atoms with Crippen LogP contribution in [0.4, 0.5) is 18.0 Å². The van der Waals surface area contributed by atoms with Gasteiger partial charge in [0.2, 0.25) is 5.90 Å². The highest BCUT2D eigenvalue weighted by atomic mass is 32.2. The number of carbonyl (C=O) groups excluding carboxylic acids is 1. The lowest BCUT2D eigenvalue weighted by atomic mass is 9.90. The Kier molecular flexibility index (Phi) is 8.64. The number of nitrogens with zero attached hydrogens (tertiary/aromatic N) is 1. The molecule has 0 aromatic carbocycles. The first kappa shape index (κ1) is 27.5. The lowest BCUT2D eigenvalue weighted by molar-refractivity contribution is -0.143. The predicted octanol–water partition coefficient (Wildman–Crippen LogP) is 1.84. The molecule has 0 saturated heterocycles. The van der Waals surface area contributed by atoms with Gasteiger partial charge in [-0.15, -0.1) is 0 Å². The highest BCUT2D eigenvalue weighted by molar-refractivity contribution is 7.94. The molecule has 0 aromatic rings. The van der Waals surface area contributed by atoms with Gasteiger partial charge in [-0.25, -0.2) is 22.9 Å². The van der Waals surface area contributed by atoms with Crippen molar-refractivity contribution in [2.45, 2.75) is 46.0 Å². The van der Waals surface area contributed by atoms with Crippen LogP contribution >= 0.6 is 0 Å². The van der Waals surface area contributed by atoms with E-state index in [4.69, 9.17) is 15.2 Å². The van der Waals surface area contributed by atoms with Crippen LogP contribution in [0.25, 0.3) is 0 Å². The summed E-state index contributed by atoms with van der Waals surface area (Å²) in [6.45, 7) is 6.80. The van der Waals surface area contributed by atoms with Gasteiger partial charge in [0, 0.05) is 19.0 Å². The number of halogens is 3. The highest BCUT2D eigenvalue weighted by Crippen LogP contribution is 2.33. The molecule has 14 heteroatoms. The lowest BCUT2D eigenvalue weighted by Crippen LogP contribution is -2.48. The molecule has 2 atom stereocenters. The zero-order chi connectivity index (χ0) is 25.8. The molecule has 2 aliphatic heterocycles. The van der Waals surface area contributed by atoms with E-state index in [9.17, 15) is 26.4 Å². The van der Waals surface area contributed by atoms with Gasteiger partial charge in [-0.3, -0.25) is 0 Å². The average molecular weight is 510 g/mol. The molecule has 1 unspecified atom stereocenters. The van der Waals surface area contributed by atoms with E-state index in [-0.39, 0.29) is 42.1 Å². The molecule has 10 nitrogen and oxygen atoms in total. The van der Waals surface area contributed by atoms with Crippen molar-refractivity contribution in [2.75, 3.05) is 20.3 Å². The second-order valence-electron chi connectivity index (χ2n) is 8.29. The first-order chi connectivity index (χ1) is 15.7. The molecule has 0 aliphatic carbocycles. The van der Waals surface area contributed by atoms with Gasteiger partial charge in [0.05, 0.1) is 12.2 Å². The average Bonchev–Trinajstić information content (AvgIpc) is 2.72. The summed E-state index contributed by atoms with van der Waals surface area (Å²) in [4.78, 5) is 16.1. The molecule has 5 N–H and O–H groups in total. The predicted molar refractivity (Wildman–Crippen MR) is 120 cm³/mol. The fourth-order valence-electron chi connectivity index (χ4n) is 3.29. The Morgan fingerprint density at radius 1 is 1.32 bits per heavy atom. The third-order valence-electron chi connectivity index (χ3n) is 5.06. The van der Waals surface area contributed by atoms with Crippen molar-refractivity contribution in [3.63, 3.8) is 0 Å². The Morgan fingerprint density at radius 3 is 2.41 bits per heavy atom. The molecule has 0 bridgehead atoms. The summed E-state index contributed by atoms with van der Waals surface area (Å²) >= 11 is 0. The Bertz CT molecular complexity index is 1020. The number of rotatable bonds is 7. The van der Waals surface area contributed by atoms with Gasteiger partial charge in [-0.1, -0.05) is 27.7 Å². The van der Waals surface area contributed by atoms with E-state index >= 15 is 0 Å². The van der Waals surface area contributed by atoms with Crippen LogP contribution in [0.2, 0.25) is 0 Å². The van der Waals surface area contributed by atoms with E-state index in [1.165, 1.54) is 7.11 Å². The maximum atomic E-state index is 13.4. The number of dihydropyridines is 1. The summed E-state index contributed by atoms with van der Waals surface area (Å²) in [5, 5.41) is 4.79. The van der Waals surface area contributed by atoms with E-state index in [0.717, 1.165) is 12.3 Å². The maximum absolute atomic E-state index is 13.4. The van der Waals surface area contributed by atoms with Crippen molar-refractivity contribution in [3.05, 3.63) is 34.1 Å². The molecule has 2 aliphatic rings. The van der Waals surface area contributed by atoms with Gasteiger partial charge < -0.3 is 25.8 Å². The van der Waals surface area contributed by atoms with Gasteiger partial charge in [-0.05, 0) is 23.5 Å².